The van der Waals surface area contributed by atoms with Crippen molar-refractivity contribution < 1.29 is 14.3 Å². The third kappa shape index (κ3) is 6.74. The Labute approximate surface area is 163 Å². The third-order valence-corrected chi connectivity index (χ3v) is 4.09. The smallest absolute Gasteiger partial charge is 0.227 e. The van der Waals surface area contributed by atoms with E-state index in [0.717, 1.165) is 28.9 Å². The van der Waals surface area contributed by atoms with Gasteiger partial charge < -0.3 is 25.4 Å². The van der Waals surface area contributed by atoms with E-state index < -0.39 is 0 Å². The highest BCUT2D eigenvalue weighted by Crippen LogP contribution is 2.30. The van der Waals surface area contributed by atoms with E-state index in [1.165, 1.54) is 0 Å². The first-order valence-corrected chi connectivity index (χ1v) is 8.08. The number of anilines is 2. The number of benzene rings is 1. The largest absolute Gasteiger partial charge is 0.380 e. The molecule has 1 amide bonds. The third-order valence-electron chi connectivity index (χ3n) is 3.59. The average Bonchev–Trinajstić information content (AvgIpc) is 2.53. The van der Waals surface area contributed by atoms with Crippen molar-refractivity contribution in [3.8, 4) is 0 Å². The van der Waals surface area contributed by atoms with E-state index >= 15 is 0 Å². The number of rotatable bonds is 6. The first kappa shape index (κ1) is 23.4. The summed E-state index contributed by atoms with van der Waals surface area (Å²) in [7, 11) is 1.56. The minimum Gasteiger partial charge on any atom is -0.380 e. The lowest BCUT2D eigenvalue weighted by atomic mass is 10.2. The fourth-order valence-electron chi connectivity index (χ4n) is 2.36. The van der Waals surface area contributed by atoms with Crippen LogP contribution in [0.4, 0.5) is 11.4 Å². The van der Waals surface area contributed by atoms with Gasteiger partial charge >= 0.3 is 0 Å². The minimum atomic E-state index is -0.265. The van der Waals surface area contributed by atoms with E-state index in [-0.39, 0.29) is 43.2 Å². The van der Waals surface area contributed by atoms with Crippen LogP contribution < -0.4 is 16.0 Å². The number of halogens is 3. The van der Waals surface area contributed by atoms with Crippen molar-refractivity contribution in [3.63, 3.8) is 0 Å². The molecule has 1 aliphatic heterocycles. The lowest BCUT2D eigenvalue weighted by Gasteiger charge is -2.30. The van der Waals surface area contributed by atoms with Crippen LogP contribution in [0.1, 0.15) is 6.42 Å². The number of nitrogens with two attached hydrogens (primary N) is 1. The molecule has 1 aromatic carbocycles. The van der Waals surface area contributed by atoms with Crippen molar-refractivity contribution in [2.24, 2.45) is 5.73 Å². The summed E-state index contributed by atoms with van der Waals surface area (Å²) >= 11 is 3.45. The predicted octanol–water partition coefficient (Wildman–Crippen LogP) is 2.43. The van der Waals surface area contributed by atoms with E-state index in [0.29, 0.717) is 19.8 Å². The zero-order valence-electron chi connectivity index (χ0n) is 13.5. The van der Waals surface area contributed by atoms with Crippen molar-refractivity contribution in [1.82, 2.24) is 0 Å². The van der Waals surface area contributed by atoms with Crippen LogP contribution in [0.2, 0.25) is 0 Å². The number of hydrogen-bond acceptors (Lipinski definition) is 5. The van der Waals surface area contributed by atoms with Gasteiger partial charge in [-0.05, 0) is 18.2 Å². The number of hydrogen-bond donors (Lipinski definition) is 2. The van der Waals surface area contributed by atoms with Gasteiger partial charge in [-0.1, -0.05) is 15.9 Å². The van der Waals surface area contributed by atoms with Crippen LogP contribution in [0.15, 0.2) is 22.7 Å². The van der Waals surface area contributed by atoms with Gasteiger partial charge in [-0.25, -0.2) is 0 Å². The second kappa shape index (κ2) is 11.9. The monoisotopic (exact) mass is 443 g/mol. The summed E-state index contributed by atoms with van der Waals surface area (Å²) in [6.45, 7) is 3.34. The number of carbonyl (C=O) groups excluding carboxylic acids is 1. The van der Waals surface area contributed by atoms with Crippen molar-refractivity contribution in [1.29, 1.82) is 0 Å². The van der Waals surface area contributed by atoms with E-state index in [4.69, 9.17) is 15.2 Å². The van der Waals surface area contributed by atoms with Crippen molar-refractivity contribution >= 4 is 58.0 Å². The molecule has 0 aromatic heterocycles. The molecule has 9 heteroatoms. The maximum Gasteiger partial charge on any atom is 0.227 e. The molecule has 0 aliphatic carbocycles. The van der Waals surface area contributed by atoms with Gasteiger partial charge in [0.1, 0.15) is 0 Å². The number of amides is 1. The molecule has 3 N–H and O–H groups in total. The Kier molecular flexibility index (Phi) is 11.6. The summed E-state index contributed by atoms with van der Waals surface area (Å²) in [5.74, 6) is -0.107. The van der Waals surface area contributed by atoms with Crippen molar-refractivity contribution in [3.05, 3.63) is 22.7 Å². The Balaban J connectivity index is 0.00000264. The molecule has 6 nitrogen and oxygen atoms in total. The summed E-state index contributed by atoms with van der Waals surface area (Å²) in [6.07, 6.45) is -0.0267. The number of ether oxygens (including phenoxy) is 2. The van der Waals surface area contributed by atoms with Gasteiger partial charge in [0.25, 0.3) is 0 Å². The van der Waals surface area contributed by atoms with E-state index in [1.54, 1.807) is 7.11 Å². The highest BCUT2D eigenvalue weighted by Gasteiger charge is 2.18. The Morgan fingerprint density at radius 1 is 1.42 bits per heavy atom. The maximum atomic E-state index is 12.2. The van der Waals surface area contributed by atoms with E-state index in [1.807, 2.05) is 18.2 Å². The Morgan fingerprint density at radius 2 is 2.08 bits per heavy atom. The Hall–Kier alpha value is -0.570. The molecule has 138 valence electrons. The number of nitrogens with one attached hydrogen (secondary N) is 1. The lowest BCUT2D eigenvalue weighted by molar-refractivity contribution is -0.118. The second-order valence-corrected chi connectivity index (χ2v) is 6.02. The first-order chi connectivity index (χ1) is 10.6. The van der Waals surface area contributed by atoms with Crippen molar-refractivity contribution in [2.45, 2.75) is 12.5 Å². The zero-order chi connectivity index (χ0) is 15.9. The fraction of sp³-hybridized carbons (Fsp3) is 0.533. The van der Waals surface area contributed by atoms with Crippen LogP contribution >= 0.6 is 40.7 Å². The molecule has 24 heavy (non-hydrogen) atoms. The number of nitrogens with zero attached hydrogens (tertiary/aromatic N) is 1. The molecule has 1 unspecified atom stereocenters. The van der Waals surface area contributed by atoms with Crippen LogP contribution in [-0.2, 0) is 14.3 Å². The van der Waals surface area contributed by atoms with Gasteiger partial charge in [0, 0.05) is 31.2 Å². The van der Waals surface area contributed by atoms with Crippen LogP contribution in [-0.4, -0.2) is 52.0 Å². The van der Waals surface area contributed by atoms with Gasteiger partial charge in [0.05, 0.1) is 37.1 Å². The quantitative estimate of drug-likeness (QED) is 0.704. The summed E-state index contributed by atoms with van der Waals surface area (Å²) in [6, 6.07) is 5.88. The average molecular weight is 445 g/mol. The van der Waals surface area contributed by atoms with Crippen LogP contribution in [0.5, 0.6) is 0 Å². The normalized spacial score (nSPS) is 15.0. The molecule has 0 bridgehead atoms. The Morgan fingerprint density at radius 3 is 2.67 bits per heavy atom. The molecule has 1 fully saturated rings. The highest BCUT2D eigenvalue weighted by atomic mass is 79.9. The first-order valence-electron chi connectivity index (χ1n) is 7.29. The summed E-state index contributed by atoms with van der Waals surface area (Å²) in [5.41, 5.74) is 7.35. The topological polar surface area (TPSA) is 76.8 Å². The molecular formula is C15H24BrCl2N3O3. The molecule has 0 radical (unpaired) electrons. The summed E-state index contributed by atoms with van der Waals surface area (Å²) in [4.78, 5) is 14.4. The molecule has 1 aromatic rings. The molecular weight excluding hydrogens is 421 g/mol. The SMILES string of the molecule is COC(CN)CC(=O)Nc1cc(Br)ccc1N1CCOCC1.Cl.Cl. The number of methoxy groups -OCH3 is 1. The van der Waals surface area contributed by atoms with Gasteiger partial charge in [-0.3, -0.25) is 4.79 Å². The molecule has 2 rings (SSSR count). The number of carbonyl (C=O) groups is 1. The molecule has 1 heterocycles. The molecule has 1 saturated heterocycles. The van der Waals surface area contributed by atoms with Gasteiger partial charge in [-0.2, -0.15) is 0 Å². The molecule has 0 spiro atoms. The van der Waals surface area contributed by atoms with Gasteiger partial charge in [0.2, 0.25) is 5.91 Å². The molecule has 1 aliphatic rings. The van der Waals surface area contributed by atoms with E-state index in [2.05, 4.69) is 26.1 Å². The second-order valence-electron chi connectivity index (χ2n) is 5.11. The predicted molar refractivity (Wildman–Crippen MR) is 105 cm³/mol. The van der Waals surface area contributed by atoms with Crippen molar-refractivity contribution in [2.75, 3.05) is 50.2 Å². The summed E-state index contributed by atoms with van der Waals surface area (Å²) < 4.78 is 11.5. The molecule has 1 atom stereocenters. The standard InChI is InChI=1S/C15H22BrN3O3.2ClH/c1-21-12(10-17)9-15(20)18-13-8-11(16)2-3-14(13)19-4-6-22-7-5-19;;/h2-3,8,12H,4-7,9-10,17H2,1H3,(H,18,20);2*1H. The highest BCUT2D eigenvalue weighted by molar-refractivity contribution is 9.10. The number of morpholine rings is 1. The van der Waals surface area contributed by atoms with Crippen LogP contribution in [0, 0.1) is 0 Å². The Bertz CT molecular complexity index is 513. The minimum absolute atomic E-state index is 0. The lowest BCUT2D eigenvalue weighted by Crippen LogP contribution is -2.37. The fourth-order valence-corrected chi connectivity index (χ4v) is 2.72. The van der Waals surface area contributed by atoms with Gasteiger partial charge in [0.15, 0.2) is 0 Å². The van der Waals surface area contributed by atoms with Crippen LogP contribution in [0.25, 0.3) is 0 Å². The van der Waals surface area contributed by atoms with E-state index in [9.17, 15) is 4.79 Å². The zero-order valence-corrected chi connectivity index (χ0v) is 16.7. The van der Waals surface area contributed by atoms with Gasteiger partial charge in [-0.15, -0.1) is 24.8 Å². The summed E-state index contributed by atoms with van der Waals surface area (Å²) in [5, 5.41) is 2.96. The van der Waals surface area contributed by atoms with Crippen LogP contribution in [0.3, 0.4) is 0 Å². The molecule has 0 saturated carbocycles. The maximum absolute atomic E-state index is 12.2.